The van der Waals surface area contributed by atoms with Crippen molar-refractivity contribution in [2.75, 3.05) is 36.0 Å². The van der Waals surface area contributed by atoms with Crippen LogP contribution in [0.4, 0.5) is 11.4 Å². The Morgan fingerprint density at radius 2 is 1.37 bits per heavy atom. The lowest BCUT2D eigenvalue weighted by Gasteiger charge is -2.30. The third-order valence-electron chi connectivity index (χ3n) is 10.9. The lowest BCUT2D eigenvalue weighted by atomic mass is 9.77. The predicted molar refractivity (Wildman–Crippen MR) is 225 cm³/mol. The molecule has 1 amide bonds. The topological polar surface area (TPSA) is 253 Å². The Labute approximate surface area is 348 Å². The maximum Gasteiger partial charge on any atom is 0.294 e. The van der Waals surface area contributed by atoms with Crippen molar-refractivity contribution in [2.24, 2.45) is 0 Å². The zero-order valence-corrected chi connectivity index (χ0v) is 37.1. The highest BCUT2D eigenvalue weighted by atomic mass is 32.2. The van der Waals surface area contributed by atoms with E-state index in [2.05, 4.69) is 12.2 Å². The summed E-state index contributed by atoms with van der Waals surface area (Å²) in [6.07, 6.45) is 10.9. The van der Waals surface area contributed by atoms with Gasteiger partial charge in [0.2, 0.25) is 11.6 Å². The van der Waals surface area contributed by atoms with Crippen molar-refractivity contribution >= 4 is 63.5 Å². The van der Waals surface area contributed by atoms with Crippen molar-refractivity contribution in [1.82, 2.24) is 5.32 Å². The number of hydrogen-bond acceptors (Lipinski definition) is 10. The fraction of sp³-hybridized carbons (Fsp3) is 0.538. The Morgan fingerprint density at radius 1 is 0.763 bits per heavy atom. The molecule has 0 aliphatic carbocycles. The Hall–Kier alpha value is -3.50. The highest BCUT2D eigenvalue weighted by Crippen LogP contribution is 2.51. The Balaban J connectivity index is 1.79. The predicted octanol–water partition coefficient (Wildman–Crippen LogP) is 5.59. The molecule has 4 rings (SSSR count). The zero-order chi connectivity index (χ0) is 44.0. The first kappa shape index (κ1) is 48.2. The molecule has 2 aliphatic rings. The molecular formula is C39H56N3O13S4+. The van der Waals surface area contributed by atoms with Crippen LogP contribution < -0.4 is 10.2 Å². The van der Waals surface area contributed by atoms with Gasteiger partial charge in [-0.3, -0.25) is 23.0 Å². The molecule has 0 spiro atoms. The second-order valence-electron chi connectivity index (χ2n) is 15.8. The van der Waals surface area contributed by atoms with E-state index in [1.54, 1.807) is 22.8 Å². The van der Waals surface area contributed by atoms with Gasteiger partial charge in [-0.2, -0.15) is 38.2 Å². The van der Waals surface area contributed by atoms with Crippen LogP contribution in [0.3, 0.4) is 0 Å². The van der Waals surface area contributed by atoms with Crippen LogP contribution in [0.5, 0.6) is 0 Å². The fourth-order valence-corrected chi connectivity index (χ4v) is 9.93. The lowest BCUT2D eigenvalue weighted by Crippen LogP contribution is -2.30. The van der Waals surface area contributed by atoms with E-state index in [0.29, 0.717) is 72.6 Å². The molecule has 2 aromatic carbocycles. The summed E-state index contributed by atoms with van der Waals surface area (Å²) in [7, 11) is -17.8. The van der Waals surface area contributed by atoms with Gasteiger partial charge in [0.1, 0.15) is 6.54 Å². The van der Waals surface area contributed by atoms with Crippen LogP contribution in [-0.2, 0) is 56.1 Å². The number of fused-ring (bicyclic) bond motifs is 2. The summed E-state index contributed by atoms with van der Waals surface area (Å²) < 4.78 is 136. The smallest absolute Gasteiger partial charge is 0.294 e. The second-order valence-corrected chi connectivity index (χ2v) is 21.7. The second kappa shape index (κ2) is 19.0. The highest BCUT2D eigenvalue weighted by molar-refractivity contribution is 7.86. The molecule has 2 aromatic rings. The normalized spacial score (nSPS) is 18.8. The van der Waals surface area contributed by atoms with Crippen LogP contribution in [-0.4, -0.2) is 99.2 Å². The summed E-state index contributed by atoms with van der Waals surface area (Å²) in [4.78, 5) is 13.6. The van der Waals surface area contributed by atoms with Crippen LogP contribution in [0.25, 0.3) is 0 Å². The fourth-order valence-electron chi connectivity index (χ4n) is 7.92. The Kier molecular flexibility index (Phi) is 15.5. The minimum absolute atomic E-state index is 0.000180. The SMILES string of the molecule is CCCCCNC(=O)CCCCCC1(C)/C(=C\C=C\C2=[N+](CCCS(=O)(=O)O)c3ccc(S(=O)(=O)O)cc3C2(C)C)N(CCCS(=O)(=O)O)c2ccc(S(=O)(=O)O)cc21. The van der Waals surface area contributed by atoms with Crippen molar-refractivity contribution in [3.63, 3.8) is 0 Å². The third kappa shape index (κ3) is 12.5. The molecule has 1 unspecified atom stereocenters. The van der Waals surface area contributed by atoms with Crippen LogP contribution in [0.2, 0.25) is 0 Å². The third-order valence-corrected chi connectivity index (χ3v) is 14.2. The zero-order valence-electron chi connectivity index (χ0n) is 33.8. The number of benzene rings is 2. The molecule has 20 heteroatoms. The number of carbonyl (C=O) groups excluding carboxylic acids is 1. The summed E-state index contributed by atoms with van der Waals surface area (Å²) in [6.45, 7) is 8.46. The van der Waals surface area contributed by atoms with Crippen molar-refractivity contribution in [2.45, 2.75) is 113 Å². The number of anilines is 1. The molecular weight excluding hydrogens is 847 g/mol. The Bertz CT molecular complexity index is 2440. The van der Waals surface area contributed by atoms with Crippen LogP contribution in [0.1, 0.15) is 103 Å². The van der Waals surface area contributed by atoms with E-state index in [9.17, 15) is 56.7 Å². The maximum atomic E-state index is 12.4. The first-order valence-electron chi connectivity index (χ1n) is 19.5. The van der Waals surface area contributed by atoms with Gasteiger partial charge >= 0.3 is 0 Å². The molecule has 0 fully saturated rings. The van der Waals surface area contributed by atoms with Gasteiger partial charge in [-0.05, 0) is 88.4 Å². The highest BCUT2D eigenvalue weighted by Gasteiger charge is 2.46. The summed E-state index contributed by atoms with van der Waals surface area (Å²) in [5.41, 5.74) is 1.65. The van der Waals surface area contributed by atoms with Gasteiger partial charge in [0.25, 0.3) is 40.5 Å². The van der Waals surface area contributed by atoms with E-state index in [0.717, 1.165) is 19.3 Å². The number of amides is 1. The number of hydrogen-bond donors (Lipinski definition) is 5. The summed E-state index contributed by atoms with van der Waals surface area (Å²) in [5, 5.41) is 2.94. The van der Waals surface area contributed by atoms with E-state index in [-0.39, 0.29) is 41.6 Å². The minimum Gasteiger partial charge on any atom is -0.356 e. The number of nitrogens with zero attached hydrogens (tertiary/aromatic N) is 2. The van der Waals surface area contributed by atoms with Gasteiger partial charge in [-0.15, -0.1) is 0 Å². The Morgan fingerprint density at radius 3 is 1.98 bits per heavy atom. The molecule has 5 N–H and O–H groups in total. The number of unbranched alkanes of at least 4 members (excludes halogenated alkanes) is 4. The van der Waals surface area contributed by atoms with Gasteiger partial charge in [-0.25, -0.2) is 0 Å². The minimum atomic E-state index is -4.62. The molecule has 2 heterocycles. The van der Waals surface area contributed by atoms with Crippen molar-refractivity contribution in [3.05, 3.63) is 71.5 Å². The standard InChI is InChI=1S/C39H55N3O13S4/c1-5-6-10-22-40-37(43)16-8-7-9-21-39(4)32-28-30(59(53,54)55)18-20-34(32)42(24-13-26-57(47,48)49)36(39)15-11-14-35-38(2,3)31-27-29(58(50,51)52)17-19-33(31)41(35)23-12-25-56(44,45)46/h11,14-15,17-20,27-28H,5-10,12-13,16,21-26H2,1-4H3,(H4-,40,43,44,45,46,47,48,49,50,51,52,53,54,55)/p+1. The van der Waals surface area contributed by atoms with Crippen LogP contribution >= 0.6 is 0 Å². The van der Waals surface area contributed by atoms with Crippen molar-refractivity contribution in [3.8, 4) is 0 Å². The van der Waals surface area contributed by atoms with Gasteiger partial charge in [0.15, 0.2) is 5.71 Å². The number of rotatable bonds is 22. The quantitative estimate of drug-likeness (QED) is 0.0549. The first-order valence-corrected chi connectivity index (χ1v) is 25.6. The molecule has 328 valence electrons. The molecule has 0 bridgehead atoms. The van der Waals surface area contributed by atoms with Crippen LogP contribution in [0.15, 0.2) is 70.1 Å². The average Bonchev–Trinajstić information content (AvgIpc) is 3.47. The first-order chi connectivity index (χ1) is 27.3. The van der Waals surface area contributed by atoms with Crippen molar-refractivity contribution in [1.29, 1.82) is 0 Å². The van der Waals surface area contributed by atoms with Crippen LogP contribution in [0, 0.1) is 0 Å². The summed E-state index contributed by atoms with van der Waals surface area (Å²) in [5.74, 6) is -1.12. The molecule has 1 atom stereocenters. The lowest BCUT2D eigenvalue weighted by molar-refractivity contribution is -0.437. The van der Waals surface area contributed by atoms with E-state index < -0.39 is 62.8 Å². The maximum absolute atomic E-state index is 12.4. The molecule has 59 heavy (non-hydrogen) atoms. The van der Waals surface area contributed by atoms with Gasteiger partial charge in [0.05, 0.1) is 26.7 Å². The number of nitrogens with one attached hydrogen (secondary N) is 1. The molecule has 0 radical (unpaired) electrons. The molecule has 2 aliphatic heterocycles. The monoisotopic (exact) mass is 902 g/mol. The molecule has 0 saturated carbocycles. The molecule has 0 saturated heterocycles. The molecule has 0 aromatic heterocycles. The van der Waals surface area contributed by atoms with Gasteiger partial charge < -0.3 is 10.2 Å². The van der Waals surface area contributed by atoms with E-state index in [1.165, 1.54) is 36.4 Å². The number of carbonyl (C=O) groups is 1. The van der Waals surface area contributed by atoms with Gasteiger partial charge in [0, 0.05) is 60.4 Å². The van der Waals surface area contributed by atoms with Crippen molar-refractivity contribution < 1.29 is 61.3 Å². The van der Waals surface area contributed by atoms with E-state index >= 15 is 0 Å². The average molecular weight is 903 g/mol. The van der Waals surface area contributed by atoms with E-state index in [1.807, 2.05) is 25.7 Å². The molecule has 16 nitrogen and oxygen atoms in total. The largest absolute Gasteiger partial charge is 0.356 e. The van der Waals surface area contributed by atoms with E-state index in [4.69, 9.17) is 0 Å². The number of allylic oxidation sites excluding steroid dienone is 4. The summed E-state index contributed by atoms with van der Waals surface area (Å²) in [6, 6.07) is 8.28. The van der Waals surface area contributed by atoms with Gasteiger partial charge in [-0.1, -0.05) is 38.7 Å². The summed E-state index contributed by atoms with van der Waals surface area (Å²) >= 11 is 0.